The number of benzene rings is 3. The van der Waals surface area contributed by atoms with Gasteiger partial charge in [0.15, 0.2) is 6.07 Å². The predicted molar refractivity (Wildman–Crippen MR) is 275 cm³/mol. The van der Waals surface area contributed by atoms with Crippen LogP contribution >= 0.6 is 48.0 Å². The molecule has 71 heavy (non-hydrogen) atoms. The van der Waals surface area contributed by atoms with Crippen molar-refractivity contribution in [2.45, 2.75) is 52.7 Å². The third-order valence-electron chi connectivity index (χ3n) is 8.42. The molecule has 3 rings (SSSR count). The van der Waals surface area contributed by atoms with E-state index in [4.69, 9.17) is 49.4 Å². The first-order valence-corrected chi connectivity index (χ1v) is 28.7. The molecule has 0 aliphatic heterocycles. The average molecular weight is 1100 g/mol. The summed E-state index contributed by atoms with van der Waals surface area (Å²) in [5, 5.41) is 6.16. The van der Waals surface area contributed by atoms with Gasteiger partial charge >= 0.3 is 43.7 Å². The summed E-state index contributed by atoms with van der Waals surface area (Å²) in [6.45, 7) is 2.93. The molecular weight excluding hydrogens is 1030 g/mol. The van der Waals surface area contributed by atoms with Crippen molar-refractivity contribution >= 4 is 78.1 Å². The lowest BCUT2D eigenvalue weighted by Gasteiger charge is -2.30. The first kappa shape index (κ1) is 64.8. The summed E-state index contributed by atoms with van der Waals surface area (Å²) >= 11 is 6.64. The van der Waals surface area contributed by atoms with Crippen LogP contribution in [0.25, 0.3) is 0 Å². The molecule has 25 heteroatoms. The molecule has 0 aliphatic carbocycles. The zero-order chi connectivity index (χ0) is 53.7. The van der Waals surface area contributed by atoms with Crippen molar-refractivity contribution in [2.75, 3.05) is 85.5 Å². The lowest BCUT2D eigenvalue weighted by Crippen LogP contribution is -2.42. The second-order valence-electron chi connectivity index (χ2n) is 17.1. The largest absolute Gasteiger partial charge is 0.446 e. The van der Waals surface area contributed by atoms with E-state index in [1.165, 1.54) is 23.9 Å². The number of nitrogens with one attached hydrogen (secondary N) is 2. The molecule has 0 heterocycles. The number of ether oxygens (including phenoxy) is 5. The molecule has 0 unspecified atom stereocenters. The summed E-state index contributed by atoms with van der Waals surface area (Å²) in [5.41, 5.74) is -0.120. The Balaban J connectivity index is 0.000000592. The highest BCUT2D eigenvalue weighted by Gasteiger charge is 2.30. The number of rotatable bonds is 24. The first-order valence-electron chi connectivity index (χ1n) is 21.8. The molecule has 0 aliphatic rings. The Bertz CT molecular complexity index is 2030. The number of esters is 3. The third kappa shape index (κ3) is 31.1. The normalized spacial score (nSPS) is 11.5. The molecule has 0 saturated heterocycles. The van der Waals surface area contributed by atoms with Gasteiger partial charge in [-0.15, -0.1) is 0 Å². The van der Waals surface area contributed by atoms with E-state index in [1.54, 1.807) is 126 Å². The first-order chi connectivity index (χ1) is 33.2. The molecule has 0 fully saturated rings. The molecule has 0 atom stereocenters. The van der Waals surface area contributed by atoms with E-state index in [1.807, 2.05) is 20.2 Å². The van der Waals surface area contributed by atoms with Gasteiger partial charge in [-0.25, -0.2) is 33.1 Å². The van der Waals surface area contributed by atoms with Gasteiger partial charge in [0.2, 0.25) is 13.6 Å². The van der Waals surface area contributed by atoms with Gasteiger partial charge in [-0.3, -0.25) is 9.05 Å². The standard InChI is InChI=1S/C22H29N2O7PS.C16H33N2O7PS.C8H7ClO2/c1-23-13-18(14-24-2)15-33-32(27,30-16-28-21(25)19-9-5-3-6-10-19)31-17-29-22(26)20-11-7-4-8-12-20;1-15(2,3)24-13(19)17(7)9-12(11-27-26(21,22)23)10-18(8)14(20)25-16(4,5)6;9-6-11-8(10)7-4-2-1-3-5-7/h3-12,18,23-24H,13-17H2,1-2H3;12H,9-11H2,1-8H3,(H2,21,22,23);1-5H,6H2. The van der Waals surface area contributed by atoms with Gasteiger partial charge in [-0.1, -0.05) is 66.2 Å². The summed E-state index contributed by atoms with van der Waals surface area (Å²) in [6, 6.07) is 25.3. The van der Waals surface area contributed by atoms with Crippen LogP contribution in [-0.4, -0.2) is 146 Å². The summed E-state index contributed by atoms with van der Waals surface area (Å²) in [6.07, 6.45) is -1.10. The fourth-order valence-electron chi connectivity index (χ4n) is 5.36. The van der Waals surface area contributed by atoms with E-state index in [0.29, 0.717) is 46.9 Å². The molecule has 0 spiro atoms. The molecule has 0 bridgehead atoms. The van der Waals surface area contributed by atoms with Gasteiger partial charge in [0.05, 0.1) is 16.7 Å². The zero-order valence-electron chi connectivity index (χ0n) is 41.8. The number of carbonyl (C=O) groups excluding carboxylic acids is 5. The Labute approximate surface area is 430 Å². The van der Waals surface area contributed by atoms with Gasteiger partial charge in [0.25, 0.3) is 0 Å². The smallest absolute Gasteiger partial charge is 0.410 e. The number of alkyl halides is 1. The van der Waals surface area contributed by atoms with Crippen LogP contribution in [0, 0.1) is 11.8 Å². The Hall–Kier alpha value is -4.18. The zero-order valence-corrected chi connectivity index (χ0v) is 45.9. The molecule has 0 aromatic heterocycles. The van der Waals surface area contributed by atoms with Crippen LogP contribution in [0.1, 0.15) is 72.6 Å². The van der Waals surface area contributed by atoms with Crippen molar-refractivity contribution in [1.82, 2.24) is 20.4 Å². The van der Waals surface area contributed by atoms with Crippen LogP contribution in [0.15, 0.2) is 91.0 Å². The maximum absolute atomic E-state index is 13.3. The molecular formula is C46H69ClN4O16P2S2. The quantitative estimate of drug-likeness (QED) is 0.0215. The van der Waals surface area contributed by atoms with Crippen LogP contribution in [-0.2, 0) is 41.9 Å². The summed E-state index contributed by atoms with van der Waals surface area (Å²) < 4.78 is 60.4. The monoisotopic (exact) mass is 1090 g/mol. The number of hydrogen-bond acceptors (Lipinski definition) is 18. The Morgan fingerprint density at radius 2 is 0.930 bits per heavy atom. The molecule has 2 amide bonds. The van der Waals surface area contributed by atoms with Crippen molar-refractivity contribution in [3.8, 4) is 0 Å². The van der Waals surface area contributed by atoms with Gasteiger partial charge in [-0.2, -0.15) is 0 Å². The highest BCUT2D eigenvalue weighted by atomic mass is 35.5. The molecule has 3 aromatic rings. The maximum atomic E-state index is 13.3. The van der Waals surface area contributed by atoms with E-state index >= 15 is 0 Å². The maximum Gasteiger partial charge on any atom is 0.410 e. The van der Waals surface area contributed by atoms with Crippen molar-refractivity contribution in [2.24, 2.45) is 11.8 Å². The summed E-state index contributed by atoms with van der Waals surface area (Å²) in [4.78, 5) is 80.3. The molecule has 20 nitrogen and oxygen atoms in total. The van der Waals surface area contributed by atoms with Crippen LogP contribution in [0.4, 0.5) is 9.59 Å². The number of halogens is 1. The fraction of sp³-hybridized carbons (Fsp3) is 0.500. The van der Waals surface area contributed by atoms with Gasteiger partial charge in [0.1, 0.15) is 11.2 Å². The summed E-state index contributed by atoms with van der Waals surface area (Å²) in [5.74, 6) is -1.40. The van der Waals surface area contributed by atoms with Gasteiger partial charge in [-0.05, 0) is 134 Å². The van der Waals surface area contributed by atoms with Crippen LogP contribution in [0.3, 0.4) is 0 Å². The second-order valence-corrected chi connectivity index (χ2v) is 25.2. The Morgan fingerprint density at radius 1 is 0.592 bits per heavy atom. The van der Waals surface area contributed by atoms with E-state index in [9.17, 15) is 33.1 Å². The lowest BCUT2D eigenvalue weighted by molar-refractivity contribution is -0.00428. The average Bonchev–Trinajstić information content (AvgIpc) is 3.30. The van der Waals surface area contributed by atoms with Crippen molar-refractivity contribution in [3.05, 3.63) is 108 Å². The SMILES string of the molecule is CN(CC(CSP(=O)(O)O)CN(C)C(=O)OC(C)(C)C)C(=O)OC(C)(C)C.CNCC(CNC)CSP(=O)(OCOC(=O)c1ccccc1)OCOC(=O)c1ccccc1.O=C(OCCl)c1ccccc1. The number of carbonyl (C=O) groups is 5. The number of amides is 2. The summed E-state index contributed by atoms with van der Waals surface area (Å²) in [7, 11) is 6.73. The fourth-order valence-corrected chi connectivity index (χ4v) is 10.4. The molecule has 0 radical (unpaired) electrons. The van der Waals surface area contributed by atoms with E-state index in [-0.39, 0.29) is 36.8 Å². The Kier molecular flexibility index (Phi) is 30.6. The minimum Gasteiger partial charge on any atom is -0.446 e. The predicted octanol–water partition coefficient (Wildman–Crippen LogP) is 8.75. The minimum atomic E-state index is -4.27. The van der Waals surface area contributed by atoms with Crippen molar-refractivity contribution in [1.29, 1.82) is 0 Å². The highest BCUT2D eigenvalue weighted by Crippen LogP contribution is 2.61. The highest BCUT2D eigenvalue weighted by molar-refractivity contribution is 8.55. The van der Waals surface area contributed by atoms with Gasteiger partial charge in [0, 0.05) is 44.6 Å². The van der Waals surface area contributed by atoms with Crippen LogP contribution < -0.4 is 10.6 Å². The lowest BCUT2D eigenvalue weighted by atomic mass is 10.1. The van der Waals surface area contributed by atoms with Crippen molar-refractivity contribution in [3.63, 3.8) is 0 Å². The number of hydrogen-bond donors (Lipinski definition) is 4. The number of nitrogens with zero attached hydrogens (tertiary/aromatic N) is 2. The van der Waals surface area contributed by atoms with Crippen LogP contribution in [0.2, 0.25) is 0 Å². The molecule has 398 valence electrons. The molecule has 3 aromatic carbocycles. The molecule has 4 N–H and O–H groups in total. The van der Waals surface area contributed by atoms with Crippen molar-refractivity contribution < 1.29 is 75.6 Å². The third-order valence-corrected chi connectivity index (χ3v) is 14.8. The van der Waals surface area contributed by atoms with Gasteiger partial charge < -0.3 is 53.9 Å². The van der Waals surface area contributed by atoms with E-state index in [0.717, 1.165) is 11.4 Å². The van der Waals surface area contributed by atoms with E-state index < -0.39 is 68.4 Å². The van der Waals surface area contributed by atoms with E-state index in [2.05, 4.69) is 15.4 Å². The minimum absolute atomic E-state index is 0.0601. The van der Waals surface area contributed by atoms with Crippen LogP contribution in [0.5, 0.6) is 0 Å². The topological polar surface area (TPSA) is 255 Å². The Morgan fingerprint density at radius 3 is 1.24 bits per heavy atom. The second kappa shape index (κ2) is 33.5. The molecule has 0 saturated carbocycles.